The van der Waals surface area contributed by atoms with Crippen LogP contribution < -0.4 is 0 Å². The Morgan fingerprint density at radius 1 is 1.89 bits per heavy atom. The molecule has 52 valence electrons. The number of ether oxygens (including phenoxy) is 2. The number of carbonyl (C=O) groups excluding carboxylic acids is 1. The van der Waals surface area contributed by atoms with Gasteiger partial charge >= 0.3 is 5.97 Å². The maximum atomic E-state index is 10.7. The van der Waals surface area contributed by atoms with Crippen molar-refractivity contribution in [3.8, 4) is 0 Å². The lowest BCUT2D eigenvalue weighted by molar-refractivity contribution is -0.145. The highest BCUT2D eigenvalue weighted by Crippen LogP contribution is 2.20. The SMILES string of the molecule is COC(=O)[C@@H](C)[C@H]1CO1. The first kappa shape index (κ1) is 6.55. The first-order valence-corrected chi connectivity index (χ1v) is 2.95. The molecule has 0 aromatic carbocycles. The molecule has 0 saturated carbocycles. The summed E-state index contributed by atoms with van der Waals surface area (Å²) >= 11 is 0. The third-order valence-corrected chi connectivity index (χ3v) is 1.49. The van der Waals surface area contributed by atoms with Crippen LogP contribution in [0.1, 0.15) is 6.92 Å². The van der Waals surface area contributed by atoms with E-state index in [1.165, 1.54) is 7.11 Å². The van der Waals surface area contributed by atoms with E-state index in [0.29, 0.717) is 6.61 Å². The van der Waals surface area contributed by atoms with E-state index < -0.39 is 0 Å². The number of carbonyl (C=O) groups is 1. The van der Waals surface area contributed by atoms with Gasteiger partial charge in [0.25, 0.3) is 0 Å². The largest absolute Gasteiger partial charge is 0.469 e. The second-order valence-corrected chi connectivity index (χ2v) is 2.18. The van der Waals surface area contributed by atoms with Crippen molar-refractivity contribution in [1.29, 1.82) is 0 Å². The highest BCUT2D eigenvalue weighted by molar-refractivity contribution is 5.72. The third kappa shape index (κ3) is 1.42. The molecule has 1 fully saturated rings. The van der Waals surface area contributed by atoms with Crippen LogP contribution in [0.2, 0.25) is 0 Å². The zero-order valence-corrected chi connectivity index (χ0v) is 5.59. The summed E-state index contributed by atoms with van der Waals surface area (Å²) in [6.45, 7) is 2.51. The van der Waals surface area contributed by atoms with Gasteiger partial charge in [0, 0.05) is 0 Å². The zero-order valence-electron chi connectivity index (χ0n) is 5.59. The van der Waals surface area contributed by atoms with Crippen molar-refractivity contribution < 1.29 is 14.3 Å². The van der Waals surface area contributed by atoms with Crippen molar-refractivity contribution >= 4 is 5.97 Å². The molecule has 0 N–H and O–H groups in total. The summed E-state index contributed by atoms with van der Waals surface area (Å²) in [6.07, 6.45) is 0.123. The predicted molar refractivity (Wildman–Crippen MR) is 30.9 cm³/mol. The normalized spacial score (nSPS) is 27.1. The number of hydrogen-bond donors (Lipinski definition) is 0. The number of epoxide rings is 1. The summed E-state index contributed by atoms with van der Waals surface area (Å²) in [5.41, 5.74) is 0. The minimum atomic E-state index is -0.183. The summed E-state index contributed by atoms with van der Waals surface area (Å²) in [5, 5.41) is 0. The van der Waals surface area contributed by atoms with Gasteiger partial charge in [0.1, 0.15) is 0 Å². The van der Waals surface area contributed by atoms with Crippen molar-refractivity contribution in [2.45, 2.75) is 13.0 Å². The van der Waals surface area contributed by atoms with Gasteiger partial charge in [-0.3, -0.25) is 4.79 Å². The summed E-state index contributed by atoms with van der Waals surface area (Å²) in [7, 11) is 1.39. The molecule has 3 nitrogen and oxygen atoms in total. The van der Waals surface area contributed by atoms with Gasteiger partial charge in [-0.05, 0) is 6.92 Å². The summed E-state index contributed by atoms with van der Waals surface area (Å²) < 4.78 is 9.39. The Kier molecular flexibility index (Phi) is 1.71. The van der Waals surface area contributed by atoms with Crippen molar-refractivity contribution in [3.05, 3.63) is 0 Å². The van der Waals surface area contributed by atoms with Crippen LogP contribution in [-0.4, -0.2) is 25.8 Å². The van der Waals surface area contributed by atoms with Crippen LogP contribution in [0.3, 0.4) is 0 Å². The molecule has 0 aromatic rings. The first-order valence-electron chi connectivity index (χ1n) is 2.95. The molecule has 0 aromatic heterocycles. The molecule has 0 spiro atoms. The molecular weight excluding hydrogens is 120 g/mol. The fourth-order valence-corrected chi connectivity index (χ4v) is 0.682. The maximum absolute atomic E-state index is 10.7. The lowest BCUT2D eigenvalue weighted by Crippen LogP contribution is -2.17. The van der Waals surface area contributed by atoms with Crippen LogP contribution in [0.25, 0.3) is 0 Å². The topological polar surface area (TPSA) is 38.8 Å². The van der Waals surface area contributed by atoms with E-state index in [4.69, 9.17) is 4.74 Å². The standard InChI is InChI=1S/C6H10O3/c1-4(5-3-9-5)6(7)8-2/h4-5H,3H2,1-2H3/t4-,5+/m0/s1. The van der Waals surface area contributed by atoms with Gasteiger partial charge in [0.05, 0.1) is 25.7 Å². The van der Waals surface area contributed by atoms with Gasteiger partial charge in [-0.1, -0.05) is 0 Å². The van der Waals surface area contributed by atoms with Gasteiger partial charge < -0.3 is 9.47 Å². The Morgan fingerprint density at radius 2 is 2.44 bits per heavy atom. The van der Waals surface area contributed by atoms with Gasteiger partial charge in [-0.25, -0.2) is 0 Å². The quantitative estimate of drug-likeness (QED) is 0.395. The Morgan fingerprint density at radius 3 is 2.78 bits per heavy atom. The number of rotatable bonds is 2. The molecule has 9 heavy (non-hydrogen) atoms. The molecule has 0 radical (unpaired) electrons. The summed E-state index contributed by atoms with van der Waals surface area (Å²) in [5.74, 6) is -0.271. The molecule has 2 atom stereocenters. The Labute approximate surface area is 53.9 Å². The molecule has 1 aliphatic heterocycles. The molecule has 0 bridgehead atoms. The second-order valence-electron chi connectivity index (χ2n) is 2.18. The fraction of sp³-hybridized carbons (Fsp3) is 0.833. The lowest BCUT2D eigenvalue weighted by Gasteiger charge is -2.02. The van der Waals surface area contributed by atoms with Crippen LogP contribution in [0, 0.1) is 5.92 Å². The van der Waals surface area contributed by atoms with E-state index in [1.54, 1.807) is 0 Å². The Bertz CT molecular complexity index is 117. The molecule has 1 aliphatic rings. The molecule has 0 amide bonds. The highest BCUT2D eigenvalue weighted by atomic mass is 16.6. The van der Waals surface area contributed by atoms with E-state index in [2.05, 4.69) is 4.74 Å². The molecule has 1 rings (SSSR count). The average molecular weight is 130 g/mol. The minimum absolute atomic E-state index is 0.0880. The predicted octanol–water partition coefficient (Wildman–Crippen LogP) is 0.194. The number of esters is 1. The summed E-state index contributed by atoms with van der Waals surface area (Å²) in [4.78, 5) is 10.7. The van der Waals surface area contributed by atoms with Crippen LogP contribution in [0.4, 0.5) is 0 Å². The van der Waals surface area contributed by atoms with Gasteiger partial charge in [-0.2, -0.15) is 0 Å². The number of hydrogen-bond acceptors (Lipinski definition) is 3. The van der Waals surface area contributed by atoms with E-state index >= 15 is 0 Å². The third-order valence-electron chi connectivity index (χ3n) is 1.49. The zero-order chi connectivity index (χ0) is 6.85. The number of methoxy groups -OCH3 is 1. The van der Waals surface area contributed by atoms with E-state index in [-0.39, 0.29) is 18.0 Å². The molecule has 0 unspecified atom stereocenters. The smallest absolute Gasteiger partial charge is 0.311 e. The highest BCUT2D eigenvalue weighted by Gasteiger charge is 2.34. The monoisotopic (exact) mass is 130 g/mol. The van der Waals surface area contributed by atoms with Gasteiger partial charge in [0.2, 0.25) is 0 Å². The second kappa shape index (κ2) is 2.35. The van der Waals surface area contributed by atoms with E-state index in [0.717, 1.165) is 0 Å². The van der Waals surface area contributed by atoms with Crippen LogP contribution >= 0.6 is 0 Å². The van der Waals surface area contributed by atoms with E-state index in [9.17, 15) is 4.79 Å². The van der Waals surface area contributed by atoms with Crippen LogP contribution in [0.5, 0.6) is 0 Å². The molecular formula is C6H10O3. The molecule has 1 saturated heterocycles. The molecule has 0 aliphatic carbocycles. The minimum Gasteiger partial charge on any atom is -0.469 e. The maximum Gasteiger partial charge on any atom is 0.311 e. The van der Waals surface area contributed by atoms with Crippen molar-refractivity contribution in [2.75, 3.05) is 13.7 Å². The average Bonchev–Trinajstić information content (AvgIpc) is 2.66. The van der Waals surface area contributed by atoms with Crippen LogP contribution in [0.15, 0.2) is 0 Å². The van der Waals surface area contributed by atoms with E-state index in [1.807, 2.05) is 6.92 Å². The lowest BCUT2D eigenvalue weighted by atomic mass is 10.1. The first-order chi connectivity index (χ1) is 4.25. The van der Waals surface area contributed by atoms with Gasteiger partial charge in [0.15, 0.2) is 0 Å². The molecule has 3 heteroatoms. The Hall–Kier alpha value is -0.570. The summed E-state index contributed by atoms with van der Waals surface area (Å²) in [6, 6.07) is 0. The molecule has 1 heterocycles. The van der Waals surface area contributed by atoms with Crippen molar-refractivity contribution in [1.82, 2.24) is 0 Å². The van der Waals surface area contributed by atoms with Crippen molar-refractivity contribution in [3.63, 3.8) is 0 Å². The van der Waals surface area contributed by atoms with Crippen LogP contribution in [-0.2, 0) is 14.3 Å². The van der Waals surface area contributed by atoms with Crippen molar-refractivity contribution in [2.24, 2.45) is 5.92 Å². The Balaban J connectivity index is 2.30. The fourth-order valence-electron chi connectivity index (χ4n) is 0.682. The van der Waals surface area contributed by atoms with Gasteiger partial charge in [-0.15, -0.1) is 0 Å².